The summed E-state index contributed by atoms with van der Waals surface area (Å²) in [6.07, 6.45) is 9.70. The van der Waals surface area contributed by atoms with Crippen LogP contribution in [0.5, 0.6) is 0 Å². The van der Waals surface area contributed by atoms with Crippen LogP contribution in [-0.4, -0.2) is 23.6 Å². The number of hydrogen-bond acceptors (Lipinski definition) is 3. The molecule has 3 fully saturated rings. The van der Waals surface area contributed by atoms with E-state index >= 15 is 0 Å². The Morgan fingerprint density at radius 3 is 2.86 bits per heavy atom. The first-order chi connectivity index (χ1) is 10.3. The Balaban J connectivity index is 1.54. The molecule has 1 saturated heterocycles. The number of aryl methyl sites for hydroxylation is 1. The first-order valence-corrected chi connectivity index (χ1v) is 8.77. The van der Waals surface area contributed by atoms with Gasteiger partial charge in [-0.15, -0.1) is 0 Å². The summed E-state index contributed by atoms with van der Waals surface area (Å²) in [5, 5.41) is 3.63. The number of piperidine rings is 1. The molecule has 0 spiro atoms. The van der Waals surface area contributed by atoms with Crippen LogP contribution in [0.3, 0.4) is 0 Å². The van der Waals surface area contributed by atoms with Gasteiger partial charge in [-0.3, -0.25) is 0 Å². The minimum Gasteiger partial charge on any atom is -0.353 e. The minimum atomic E-state index is 0.761. The van der Waals surface area contributed by atoms with Gasteiger partial charge in [-0.05, 0) is 69.1 Å². The standard InChI is InChI=1S/C18H27N3/c1-13-10-14(12-19-16-7-8-16)11-18(20-13)21-9-3-5-15-4-2-6-17(15)21/h10-11,15-17,19H,2-9,12H2,1H3. The molecule has 2 atom stereocenters. The Morgan fingerprint density at radius 2 is 2.00 bits per heavy atom. The average Bonchev–Trinajstić information content (AvgIpc) is 3.19. The van der Waals surface area contributed by atoms with Crippen molar-refractivity contribution in [3.63, 3.8) is 0 Å². The van der Waals surface area contributed by atoms with Crippen molar-refractivity contribution in [2.75, 3.05) is 11.4 Å². The van der Waals surface area contributed by atoms with Crippen LogP contribution >= 0.6 is 0 Å². The maximum atomic E-state index is 4.86. The molecule has 0 radical (unpaired) electrons. The molecule has 2 aliphatic carbocycles. The molecule has 3 heteroatoms. The SMILES string of the molecule is Cc1cc(CNC2CC2)cc(N2CCCC3CCCC32)n1. The quantitative estimate of drug-likeness (QED) is 0.919. The highest BCUT2D eigenvalue weighted by Gasteiger charge is 2.35. The summed E-state index contributed by atoms with van der Waals surface area (Å²) < 4.78 is 0. The van der Waals surface area contributed by atoms with Crippen LogP contribution in [0.4, 0.5) is 5.82 Å². The van der Waals surface area contributed by atoms with E-state index in [0.717, 1.165) is 24.5 Å². The number of aromatic nitrogens is 1. The van der Waals surface area contributed by atoms with E-state index in [1.54, 1.807) is 0 Å². The molecule has 21 heavy (non-hydrogen) atoms. The Kier molecular flexibility index (Phi) is 3.62. The first kappa shape index (κ1) is 13.6. The molecule has 2 unspecified atom stereocenters. The fourth-order valence-corrected chi connectivity index (χ4v) is 4.26. The van der Waals surface area contributed by atoms with E-state index in [4.69, 9.17) is 4.98 Å². The zero-order valence-electron chi connectivity index (χ0n) is 13.1. The highest BCUT2D eigenvalue weighted by Crippen LogP contribution is 2.38. The zero-order chi connectivity index (χ0) is 14.2. The van der Waals surface area contributed by atoms with Crippen LogP contribution in [0.25, 0.3) is 0 Å². The summed E-state index contributed by atoms with van der Waals surface area (Å²) >= 11 is 0. The summed E-state index contributed by atoms with van der Waals surface area (Å²) in [5.74, 6) is 2.16. The number of nitrogens with zero attached hydrogens (tertiary/aromatic N) is 2. The third kappa shape index (κ3) is 2.94. The van der Waals surface area contributed by atoms with Gasteiger partial charge in [-0.2, -0.15) is 0 Å². The molecular weight excluding hydrogens is 258 g/mol. The minimum absolute atomic E-state index is 0.761. The van der Waals surface area contributed by atoms with Crippen molar-refractivity contribution in [1.82, 2.24) is 10.3 Å². The van der Waals surface area contributed by atoms with Crippen LogP contribution in [-0.2, 0) is 6.54 Å². The monoisotopic (exact) mass is 285 g/mol. The van der Waals surface area contributed by atoms with Crippen LogP contribution in [0.1, 0.15) is 56.2 Å². The molecule has 0 aromatic carbocycles. The van der Waals surface area contributed by atoms with Gasteiger partial charge in [0.15, 0.2) is 0 Å². The molecule has 3 aliphatic rings. The van der Waals surface area contributed by atoms with E-state index in [1.807, 2.05) is 0 Å². The second kappa shape index (κ2) is 5.60. The lowest BCUT2D eigenvalue weighted by atomic mass is 9.92. The smallest absolute Gasteiger partial charge is 0.129 e. The second-order valence-corrected chi connectivity index (χ2v) is 7.22. The van der Waals surface area contributed by atoms with E-state index in [-0.39, 0.29) is 0 Å². The number of rotatable bonds is 4. The molecular formula is C18H27N3. The van der Waals surface area contributed by atoms with Gasteiger partial charge < -0.3 is 10.2 Å². The lowest BCUT2D eigenvalue weighted by Gasteiger charge is -2.39. The molecule has 2 heterocycles. The Hall–Kier alpha value is -1.09. The lowest BCUT2D eigenvalue weighted by molar-refractivity contribution is 0.360. The summed E-state index contributed by atoms with van der Waals surface area (Å²) in [6.45, 7) is 4.34. The van der Waals surface area contributed by atoms with E-state index in [2.05, 4.69) is 29.3 Å². The molecule has 2 saturated carbocycles. The molecule has 3 nitrogen and oxygen atoms in total. The van der Waals surface area contributed by atoms with Crippen LogP contribution in [0.2, 0.25) is 0 Å². The number of pyridine rings is 1. The van der Waals surface area contributed by atoms with Crippen LogP contribution in [0.15, 0.2) is 12.1 Å². The van der Waals surface area contributed by atoms with Crippen molar-refractivity contribution in [3.8, 4) is 0 Å². The fraction of sp³-hybridized carbons (Fsp3) is 0.722. The van der Waals surface area contributed by atoms with Crippen LogP contribution < -0.4 is 10.2 Å². The molecule has 0 bridgehead atoms. The van der Waals surface area contributed by atoms with Crippen molar-refractivity contribution in [2.24, 2.45) is 5.92 Å². The van der Waals surface area contributed by atoms with E-state index in [0.29, 0.717) is 0 Å². The molecule has 1 aromatic heterocycles. The molecule has 114 valence electrons. The van der Waals surface area contributed by atoms with Crippen molar-refractivity contribution in [3.05, 3.63) is 23.4 Å². The predicted molar refractivity (Wildman–Crippen MR) is 86.5 cm³/mol. The third-order valence-electron chi connectivity index (χ3n) is 5.46. The highest BCUT2D eigenvalue weighted by molar-refractivity contribution is 5.45. The van der Waals surface area contributed by atoms with E-state index in [9.17, 15) is 0 Å². The number of fused-ring (bicyclic) bond motifs is 1. The number of nitrogens with one attached hydrogen (secondary N) is 1. The van der Waals surface area contributed by atoms with Gasteiger partial charge >= 0.3 is 0 Å². The Morgan fingerprint density at radius 1 is 1.14 bits per heavy atom. The Labute approximate surface area is 128 Å². The van der Waals surface area contributed by atoms with Gasteiger partial charge in [0.25, 0.3) is 0 Å². The van der Waals surface area contributed by atoms with Crippen molar-refractivity contribution < 1.29 is 0 Å². The zero-order valence-corrected chi connectivity index (χ0v) is 13.1. The normalized spacial score (nSPS) is 28.7. The summed E-state index contributed by atoms with van der Waals surface area (Å²) in [4.78, 5) is 7.48. The largest absolute Gasteiger partial charge is 0.353 e. The molecule has 1 aliphatic heterocycles. The molecule has 4 rings (SSSR count). The molecule has 0 amide bonds. The van der Waals surface area contributed by atoms with Crippen molar-refractivity contribution >= 4 is 5.82 Å². The van der Waals surface area contributed by atoms with E-state index < -0.39 is 0 Å². The summed E-state index contributed by atoms with van der Waals surface area (Å²) in [5.41, 5.74) is 2.57. The summed E-state index contributed by atoms with van der Waals surface area (Å²) in [7, 11) is 0. The lowest BCUT2D eigenvalue weighted by Crippen LogP contribution is -2.43. The summed E-state index contributed by atoms with van der Waals surface area (Å²) in [6, 6.07) is 6.12. The fourth-order valence-electron chi connectivity index (χ4n) is 4.26. The molecule has 1 aromatic rings. The van der Waals surface area contributed by atoms with Gasteiger partial charge in [0.05, 0.1) is 0 Å². The van der Waals surface area contributed by atoms with Gasteiger partial charge in [0.2, 0.25) is 0 Å². The maximum absolute atomic E-state index is 4.86. The van der Waals surface area contributed by atoms with Crippen molar-refractivity contribution in [2.45, 2.75) is 70.5 Å². The van der Waals surface area contributed by atoms with Crippen molar-refractivity contribution in [1.29, 1.82) is 0 Å². The Bertz CT molecular complexity index is 509. The van der Waals surface area contributed by atoms with E-state index in [1.165, 1.54) is 68.6 Å². The topological polar surface area (TPSA) is 28.2 Å². The van der Waals surface area contributed by atoms with Gasteiger partial charge in [0, 0.05) is 30.9 Å². The molecule has 1 N–H and O–H groups in total. The second-order valence-electron chi connectivity index (χ2n) is 7.22. The maximum Gasteiger partial charge on any atom is 0.129 e. The van der Waals surface area contributed by atoms with Gasteiger partial charge in [-0.25, -0.2) is 4.98 Å². The number of anilines is 1. The highest BCUT2D eigenvalue weighted by atomic mass is 15.2. The number of hydrogen-bond donors (Lipinski definition) is 1. The predicted octanol–water partition coefficient (Wildman–Crippen LogP) is 3.41. The first-order valence-electron chi connectivity index (χ1n) is 8.77. The van der Waals surface area contributed by atoms with Gasteiger partial charge in [-0.1, -0.05) is 6.42 Å². The van der Waals surface area contributed by atoms with Crippen LogP contribution in [0, 0.1) is 12.8 Å². The van der Waals surface area contributed by atoms with Gasteiger partial charge in [0.1, 0.15) is 5.82 Å². The average molecular weight is 285 g/mol. The third-order valence-corrected chi connectivity index (χ3v) is 5.46.